The van der Waals surface area contributed by atoms with Crippen molar-refractivity contribution in [3.63, 3.8) is 0 Å². The second-order valence-corrected chi connectivity index (χ2v) is 6.45. The van der Waals surface area contributed by atoms with E-state index < -0.39 is 18.3 Å². The van der Waals surface area contributed by atoms with E-state index in [9.17, 15) is 4.39 Å². The first kappa shape index (κ1) is 13.6. The van der Waals surface area contributed by atoms with Gasteiger partial charge in [0.2, 0.25) is 0 Å². The highest BCUT2D eigenvalue weighted by Gasteiger charge is 2.52. The zero-order valence-corrected chi connectivity index (χ0v) is 12.5. The number of hydrogen-bond acceptors (Lipinski definition) is 2. The molecule has 0 bridgehead atoms. The highest BCUT2D eigenvalue weighted by Crippen LogP contribution is 2.36. The van der Waals surface area contributed by atoms with Crippen LogP contribution in [0.1, 0.15) is 27.7 Å². The Morgan fingerprint density at radius 1 is 1.10 bits per heavy atom. The second-order valence-electron chi connectivity index (χ2n) is 6.45. The van der Waals surface area contributed by atoms with Crippen LogP contribution in [-0.2, 0) is 16.4 Å². The van der Waals surface area contributed by atoms with Gasteiger partial charge in [0.25, 0.3) is 0 Å². The topological polar surface area (TPSA) is 23.4 Å². The molecule has 1 aliphatic rings. The molecular formula is C15H19BFNO2. The molecule has 0 unspecified atom stereocenters. The molecule has 3 rings (SSSR count). The number of rotatable bonds is 1. The predicted octanol–water partition coefficient (Wildman–Crippen LogP) is 2.62. The summed E-state index contributed by atoms with van der Waals surface area (Å²) in [6, 6.07) is 5.24. The molecule has 106 valence electrons. The molecule has 0 radical (unpaired) electrons. The molecule has 2 heterocycles. The van der Waals surface area contributed by atoms with E-state index in [0.29, 0.717) is 5.46 Å². The lowest BCUT2D eigenvalue weighted by atomic mass is 9.78. The Balaban J connectivity index is 2.07. The maximum absolute atomic E-state index is 14.3. The van der Waals surface area contributed by atoms with Crippen LogP contribution >= 0.6 is 0 Å². The molecule has 20 heavy (non-hydrogen) atoms. The molecule has 1 saturated heterocycles. The number of aryl methyl sites for hydroxylation is 1. The van der Waals surface area contributed by atoms with Gasteiger partial charge in [0.1, 0.15) is 5.82 Å². The standard InChI is InChI=1S/C15H19BFNO2/c1-14(2)15(3,4)20-16(19-14)11-9-13-10(8-12(11)17)6-7-18(13)5/h6-9H,1-5H3. The molecule has 0 aliphatic carbocycles. The zero-order chi connectivity index (χ0) is 14.7. The van der Waals surface area contributed by atoms with E-state index in [1.807, 2.05) is 57.6 Å². The van der Waals surface area contributed by atoms with Crippen molar-refractivity contribution in [2.24, 2.45) is 7.05 Å². The number of nitrogens with zero attached hydrogens (tertiary/aromatic N) is 1. The Kier molecular flexibility index (Phi) is 2.79. The average Bonchev–Trinajstić information content (AvgIpc) is 2.77. The number of hydrogen-bond donors (Lipinski definition) is 0. The Labute approximate surface area is 118 Å². The monoisotopic (exact) mass is 275 g/mol. The quantitative estimate of drug-likeness (QED) is 0.747. The van der Waals surface area contributed by atoms with Gasteiger partial charge in [-0.15, -0.1) is 0 Å². The summed E-state index contributed by atoms with van der Waals surface area (Å²) in [7, 11) is 1.27. The van der Waals surface area contributed by atoms with Gasteiger partial charge in [-0.3, -0.25) is 0 Å². The molecule has 1 aliphatic heterocycles. The van der Waals surface area contributed by atoms with Crippen LogP contribution in [0.5, 0.6) is 0 Å². The summed E-state index contributed by atoms with van der Waals surface area (Å²) in [6.45, 7) is 7.86. The summed E-state index contributed by atoms with van der Waals surface area (Å²) in [5, 5.41) is 0.880. The van der Waals surface area contributed by atoms with Gasteiger partial charge in [-0.05, 0) is 45.9 Å². The minimum absolute atomic E-state index is 0.290. The van der Waals surface area contributed by atoms with Crippen LogP contribution < -0.4 is 5.46 Å². The molecule has 1 aromatic carbocycles. The largest absolute Gasteiger partial charge is 0.497 e. The van der Waals surface area contributed by atoms with Crippen LogP contribution in [0.4, 0.5) is 4.39 Å². The minimum Gasteiger partial charge on any atom is -0.399 e. The Bertz CT molecular complexity index is 662. The maximum Gasteiger partial charge on any atom is 0.497 e. The molecule has 0 saturated carbocycles. The highest BCUT2D eigenvalue weighted by atomic mass is 19.1. The number of benzene rings is 1. The first-order chi connectivity index (χ1) is 9.21. The molecule has 0 spiro atoms. The summed E-state index contributed by atoms with van der Waals surface area (Å²) in [6.07, 6.45) is 1.91. The fourth-order valence-electron chi connectivity index (χ4n) is 2.46. The van der Waals surface area contributed by atoms with Crippen LogP contribution in [0.15, 0.2) is 24.4 Å². The Morgan fingerprint density at radius 3 is 2.30 bits per heavy atom. The third-order valence-corrected chi connectivity index (χ3v) is 4.51. The van der Waals surface area contributed by atoms with Crippen molar-refractivity contribution < 1.29 is 13.7 Å². The van der Waals surface area contributed by atoms with E-state index in [0.717, 1.165) is 10.9 Å². The van der Waals surface area contributed by atoms with Crippen molar-refractivity contribution in [2.45, 2.75) is 38.9 Å². The summed E-state index contributed by atoms with van der Waals surface area (Å²) in [5.74, 6) is -0.290. The first-order valence-corrected chi connectivity index (χ1v) is 6.81. The lowest BCUT2D eigenvalue weighted by Crippen LogP contribution is -2.41. The van der Waals surface area contributed by atoms with Crippen molar-refractivity contribution >= 4 is 23.5 Å². The van der Waals surface area contributed by atoms with Crippen LogP contribution in [0.25, 0.3) is 10.9 Å². The van der Waals surface area contributed by atoms with Gasteiger partial charge in [-0.1, -0.05) is 0 Å². The molecule has 2 aromatic rings. The van der Waals surface area contributed by atoms with E-state index in [4.69, 9.17) is 9.31 Å². The van der Waals surface area contributed by atoms with Crippen LogP contribution in [0, 0.1) is 5.82 Å². The van der Waals surface area contributed by atoms with Crippen molar-refractivity contribution in [1.82, 2.24) is 4.57 Å². The average molecular weight is 275 g/mol. The number of aromatic nitrogens is 1. The van der Waals surface area contributed by atoms with Crippen molar-refractivity contribution in [2.75, 3.05) is 0 Å². The fourth-order valence-corrected chi connectivity index (χ4v) is 2.46. The molecular weight excluding hydrogens is 256 g/mol. The summed E-state index contributed by atoms with van der Waals surface area (Å²) < 4.78 is 28.1. The highest BCUT2D eigenvalue weighted by molar-refractivity contribution is 6.62. The van der Waals surface area contributed by atoms with E-state index in [1.54, 1.807) is 0 Å². The Morgan fingerprint density at radius 2 is 1.70 bits per heavy atom. The molecule has 1 fully saturated rings. The predicted molar refractivity (Wildman–Crippen MR) is 78.6 cm³/mol. The van der Waals surface area contributed by atoms with Crippen molar-refractivity contribution in [3.8, 4) is 0 Å². The van der Waals surface area contributed by atoms with Gasteiger partial charge >= 0.3 is 7.12 Å². The zero-order valence-electron chi connectivity index (χ0n) is 12.5. The maximum atomic E-state index is 14.3. The molecule has 3 nitrogen and oxygen atoms in total. The SMILES string of the molecule is Cn1ccc2cc(F)c(B3OC(C)(C)C(C)(C)O3)cc21. The van der Waals surface area contributed by atoms with Gasteiger partial charge in [-0.25, -0.2) is 4.39 Å². The summed E-state index contributed by atoms with van der Waals surface area (Å²) in [5.41, 5.74) is 0.495. The van der Waals surface area contributed by atoms with Crippen LogP contribution in [-0.4, -0.2) is 22.9 Å². The van der Waals surface area contributed by atoms with Crippen LogP contribution in [0.3, 0.4) is 0 Å². The second kappa shape index (κ2) is 4.09. The normalized spacial score (nSPS) is 20.8. The van der Waals surface area contributed by atoms with Gasteiger partial charge < -0.3 is 13.9 Å². The van der Waals surface area contributed by atoms with Gasteiger partial charge in [0, 0.05) is 29.6 Å². The lowest BCUT2D eigenvalue weighted by Gasteiger charge is -2.32. The van der Waals surface area contributed by atoms with E-state index in [2.05, 4.69) is 0 Å². The summed E-state index contributed by atoms with van der Waals surface area (Å²) >= 11 is 0. The fraction of sp³-hybridized carbons (Fsp3) is 0.467. The third-order valence-electron chi connectivity index (χ3n) is 4.51. The lowest BCUT2D eigenvalue weighted by molar-refractivity contribution is 0.00578. The summed E-state index contributed by atoms with van der Waals surface area (Å²) in [4.78, 5) is 0. The molecule has 0 amide bonds. The first-order valence-electron chi connectivity index (χ1n) is 6.81. The molecule has 0 N–H and O–H groups in total. The smallest absolute Gasteiger partial charge is 0.399 e. The van der Waals surface area contributed by atoms with Gasteiger partial charge in [0.05, 0.1) is 11.2 Å². The van der Waals surface area contributed by atoms with Crippen molar-refractivity contribution in [1.29, 1.82) is 0 Å². The number of halogens is 1. The third kappa shape index (κ3) is 1.88. The molecule has 1 aromatic heterocycles. The minimum atomic E-state index is -0.667. The van der Waals surface area contributed by atoms with Crippen molar-refractivity contribution in [3.05, 3.63) is 30.2 Å². The van der Waals surface area contributed by atoms with Crippen LogP contribution in [0.2, 0.25) is 0 Å². The van der Waals surface area contributed by atoms with Gasteiger partial charge in [0.15, 0.2) is 0 Å². The number of fused-ring (bicyclic) bond motifs is 1. The van der Waals surface area contributed by atoms with E-state index >= 15 is 0 Å². The molecule has 5 heteroatoms. The van der Waals surface area contributed by atoms with E-state index in [1.165, 1.54) is 6.07 Å². The van der Waals surface area contributed by atoms with E-state index in [-0.39, 0.29) is 5.82 Å². The molecule has 0 atom stereocenters. The van der Waals surface area contributed by atoms with Gasteiger partial charge in [-0.2, -0.15) is 0 Å². The Hall–Kier alpha value is -1.33.